The molecule has 3 heterocycles. The minimum absolute atomic E-state index is 0.0112. The predicted molar refractivity (Wildman–Crippen MR) is 187 cm³/mol. The smallest absolute Gasteiger partial charge is 0.305 e. The van der Waals surface area contributed by atoms with Crippen LogP contribution in [-0.4, -0.2) is 34.6 Å². The molecule has 4 aromatic carbocycles. The van der Waals surface area contributed by atoms with Gasteiger partial charge in [0.2, 0.25) is 11.8 Å². The molecular weight excluding hydrogens is 643 g/mol. The number of aromatic amines is 1. The van der Waals surface area contributed by atoms with E-state index in [1.807, 2.05) is 97.9 Å². The Morgan fingerprint density at radius 2 is 1.67 bits per heavy atom. The number of fused-ring (bicyclic) bond motifs is 10. The Labute approximate surface area is 284 Å². The van der Waals surface area contributed by atoms with Gasteiger partial charge in [-0.15, -0.1) is 11.8 Å². The first-order valence-electron chi connectivity index (χ1n) is 16.2. The maximum Gasteiger partial charge on any atom is 0.305 e. The summed E-state index contributed by atoms with van der Waals surface area (Å²) in [6.45, 7) is 1.82. The van der Waals surface area contributed by atoms with E-state index in [4.69, 9.17) is 4.74 Å². The second kappa shape index (κ2) is 11.2. The third kappa shape index (κ3) is 4.64. The molecule has 3 amide bonds. The van der Waals surface area contributed by atoms with E-state index in [0.29, 0.717) is 17.1 Å². The lowest BCUT2D eigenvalue weighted by molar-refractivity contribution is -0.123. The zero-order valence-electron chi connectivity index (χ0n) is 25.9. The molecule has 3 fully saturated rings. The molecule has 8 nitrogen and oxygen atoms in total. The molecule has 10 heteroatoms. The van der Waals surface area contributed by atoms with Crippen molar-refractivity contribution in [1.29, 1.82) is 0 Å². The number of hydrogen-bond acceptors (Lipinski definition) is 7. The molecule has 7 atom stereocenters. The summed E-state index contributed by atoms with van der Waals surface area (Å²) in [6, 6.07) is 29.1. The van der Waals surface area contributed by atoms with Gasteiger partial charge in [0.15, 0.2) is 6.61 Å². The van der Waals surface area contributed by atoms with E-state index < -0.39 is 0 Å². The van der Waals surface area contributed by atoms with E-state index in [1.165, 1.54) is 16.2 Å². The third-order valence-electron chi connectivity index (χ3n) is 10.6. The molecule has 2 aliphatic carbocycles. The van der Waals surface area contributed by atoms with Gasteiger partial charge in [-0.25, -0.2) is 0 Å². The Morgan fingerprint density at radius 1 is 0.896 bits per heavy atom. The monoisotopic (exact) mass is 673 g/mol. The van der Waals surface area contributed by atoms with Gasteiger partial charge in [-0.05, 0) is 83.8 Å². The average molecular weight is 674 g/mol. The molecule has 2 aliphatic heterocycles. The van der Waals surface area contributed by atoms with E-state index in [2.05, 4.69) is 10.3 Å². The van der Waals surface area contributed by atoms with Crippen LogP contribution >= 0.6 is 23.1 Å². The Bertz CT molecular complexity index is 2190. The molecule has 2 bridgehead atoms. The van der Waals surface area contributed by atoms with Crippen LogP contribution in [-0.2, 0) is 14.4 Å². The number of nitrogens with one attached hydrogen (secondary N) is 2. The van der Waals surface area contributed by atoms with Gasteiger partial charge in [0.05, 0.1) is 22.5 Å². The minimum Gasteiger partial charge on any atom is -0.484 e. The highest BCUT2D eigenvalue weighted by atomic mass is 32.2. The van der Waals surface area contributed by atoms with Crippen LogP contribution in [0.25, 0.3) is 10.8 Å². The molecule has 1 saturated heterocycles. The quantitative estimate of drug-likeness (QED) is 0.197. The molecule has 2 N–H and O–H groups in total. The van der Waals surface area contributed by atoms with Crippen molar-refractivity contribution < 1.29 is 19.1 Å². The second-order valence-electron chi connectivity index (χ2n) is 13.3. The number of rotatable bonds is 6. The van der Waals surface area contributed by atoms with Crippen molar-refractivity contribution in [3.05, 3.63) is 117 Å². The molecular formula is C38H31N3O5S2. The number of carbonyl (C=O) groups is 3. The number of thiazole rings is 1. The average Bonchev–Trinajstić information content (AvgIpc) is 3.83. The third-order valence-corrected chi connectivity index (χ3v) is 13.2. The van der Waals surface area contributed by atoms with Gasteiger partial charge in [-0.2, -0.15) is 0 Å². The van der Waals surface area contributed by atoms with Gasteiger partial charge in [-0.1, -0.05) is 71.5 Å². The van der Waals surface area contributed by atoms with Crippen LogP contribution in [0.3, 0.4) is 0 Å². The summed E-state index contributed by atoms with van der Waals surface area (Å²) in [5.74, 6) is -0.652. The van der Waals surface area contributed by atoms with Crippen molar-refractivity contribution >= 4 is 63.0 Å². The van der Waals surface area contributed by atoms with E-state index in [1.54, 1.807) is 11.8 Å². The van der Waals surface area contributed by atoms with Gasteiger partial charge in [-0.3, -0.25) is 24.1 Å². The second-order valence-corrected chi connectivity index (χ2v) is 15.5. The number of amides is 3. The number of H-pyrrole nitrogens is 1. The van der Waals surface area contributed by atoms with Crippen molar-refractivity contribution in [2.24, 2.45) is 29.6 Å². The number of carbonyl (C=O) groups excluding carboxylic acids is 3. The Balaban J connectivity index is 0.987. The summed E-state index contributed by atoms with van der Waals surface area (Å²) >= 11 is 2.89. The van der Waals surface area contributed by atoms with Gasteiger partial charge in [0.25, 0.3) is 5.91 Å². The largest absolute Gasteiger partial charge is 0.484 e. The number of aryl methyl sites for hydroxylation is 1. The molecule has 48 heavy (non-hydrogen) atoms. The summed E-state index contributed by atoms with van der Waals surface area (Å²) in [6.07, 6.45) is 0.817. The van der Waals surface area contributed by atoms with Crippen molar-refractivity contribution in [2.45, 2.75) is 29.5 Å². The lowest BCUT2D eigenvalue weighted by Crippen LogP contribution is -2.42. The Hall–Kier alpha value is -4.67. The highest BCUT2D eigenvalue weighted by Gasteiger charge is 2.69. The fourth-order valence-corrected chi connectivity index (χ4v) is 11.6. The van der Waals surface area contributed by atoms with Crippen LogP contribution in [0.15, 0.2) is 101 Å². The molecule has 4 unspecified atom stereocenters. The Morgan fingerprint density at radius 3 is 2.48 bits per heavy atom. The van der Waals surface area contributed by atoms with E-state index in [9.17, 15) is 19.2 Å². The lowest BCUT2D eigenvalue weighted by atomic mass is 9.68. The molecule has 0 radical (unpaired) electrons. The van der Waals surface area contributed by atoms with Crippen LogP contribution in [0, 0.1) is 36.5 Å². The normalized spacial score (nSPS) is 26.8. The molecule has 240 valence electrons. The summed E-state index contributed by atoms with van der Waals surface area (Å²) in [7, 11) is 0. The summed E-state index contributed by atoms with van der Waals surface area (Å²) in [5, 5.41) is 6.01. The van der Waals surface area contributed by atoms with Crippen LogP contribution in [0.4, 0.5) is 11.4 Å². The van der Waals surface area contributed by atoms with Gasteiger partial charge < -0.3 is 15.0 Å². The van der Waals surface area contributed by atoms with Crippen molar-refractivity contribution in [3.63, 3.8) is 0 Å². The number of ether oxygens (including phenoxy) is 1. The number of imide groups is 1. The van der Waals surface area contributed by atoms with Gasteiger partial charge >= 0.3 is 4.87 Å². The van der Waals surface area contributed by atoms with Crippen molar-refractivity contribution in [3.8, 4) is 5.75 Å². The van der Waals surface area contributed by atoms with E-state index in [0.717, 1.165) is 38.2 Å². The van der Waals surface area contributed by atoms with Gasteiger partial charge in [0, 0.05) is 21.7 Å². The molecule has 5 aromatic rings. The molecule has 9 rings (SSSR count). The highest BCUT2D eigenvalue weighted by Crippen LogP contribution is 2.68. The number of hydrogen-bond donors (Lipinski definition) is 2. The fraction of sp³-hybridized carbons (Fsp3) is 0.263. The SMILES string of the molecule is Cc1ccc(N2C(=O)C3C(C2=O)[C@@H]2C[C@H]3C3Sc4[nH]c(=O)sc4[C@H](c4cccc(OCC(=O)Nc5ccc6ccccc6c5)c4)C32)cc1. The van der Waals surface area contributed by atoms with Crippen LogP contribution in [0.5, 0.6) is 5.75 Å². The number of nitrogens with zero attached hydrogens (tertiary/aromatic N) is 1. The molecule has 4 aliphatic rings. The zero-order chi connectivity index (χ0) is 32.7. The standard InChI is InChI=1S/C38H31N3O5S2/c1-19-9-13-24(14-10-19)41-36(43)31-26-17-27(32(31)37(41)44)33-30(26)29(34-35(47-33)40-38(45)48-34)22-7-4-8-25(16-22)46-18-28(42)39-23-12-11-20-5-2-3-6-21(20)15-23/h2-16,26-27,29-33H,17-18H2,1H3,(H,39,42)(H,40,45)/t26-,27-,29-,30?,31?,32?,33?/m1/s1. The van der Waals surface area contributed by atoms with Crippen LogP contribution in [0.2, 0.25) is 0 Å². The van der Waals surface area contributed by atoms with Crippen LogP contribution < -0.4 is 19.8 Å². The number of thioether (sulfide) groups is 1. The van der Waals surface area contributed by atoms with Crippen LogP contribution in [0.1, 0.15) is 28.3 Å². The summed E-state index contributed by atoms with van der Waals surface area (Å²) in [5.41, 5.74) is 3.38. The van der Waals surface area contributed by atoms with Gasteiger partial charge in [0.1, 0.15) is 5.75 Å². The number of benzene rings is 4. The predicted octanol–water partition coefficient (Wildman–Crippen LogP) is 6.59. The minimum atomic E-state index is -0.372. The van der Waals surface area contributed by atoms with E-state index in [-0.39, 0.29) is 70.0 Å². The molecule has 1 aromatic heterocycles. The lowest BCUT2D eigenvalue weighted by Gasteiger charge is -2.43. The van der Waals surface area contributed by atoms with Crippen molar-refractivity contribution in [1.82, 2.24) is 4.98 Å². The first kappa shape index (κ1) is 29.5. The number of anilines is 2. The summed E-state index contributed by atoms with van der Waals surface area (Å²) < 4.78 is 6.01. The maximum atomic E-state index is 14.0. The molecule has 2 saturated carbocycles. The summed E-state index contributed by atoms with van der Waals surface area (Å²) in [4.78, 5) is 58.8. The van der Waals surface area contributed by atoms with E-state index >= 15 is 0 Å². The first-order chi connectivity index (χ1) is 23.3. The van der Waals surface area contributed by atoms with Crippen molar-refractivity contribution in [2.75, 3.05) is 16.8 Å². The Kier molecular flexibility index (Phi) is 6.88. The highest BCUT2D eigenvalue weighted by molar-refractivity contribution is 8.00. The number of aromatic nitrogens is 1. The topological polar surface area (TPSA) is 109 Å². The first-order valence-corrected chi connectivity index (χ1v) is 17.9. The fourth-order valence-electron chi connectivity index (χ4n) is 8.75. The zero-order valence-corrected chi connectivity index (χ0v) is 27.6. The maximum absolute atomic E-state index is 14.0. The molecule has 0 spiro atoms.